The van der Waals surface area contributed by atoms with Crippen molar-refractivity contribution in [1.82, 2.24) is 15.2 Å². The fourth-order valence-electron chi connectivity index (χ4n) is 3.02. The van der Waals surface area contributed by atoms with Crippen LogP contribution in [0.5, 0.6) is 0 Å². The zero-order chi connectivity index (χ0) is 14.6. The lowest BCUT2D eigenvalue weighted by Gasteiger charge is -2.43. The van der Waals surface area contributed by atoms with Gasteiger partial charge in [-0.2, -0.15) is 0 Å². The van der Waals surface area contributed by atoms with E-state index in [1.54, 1.807) is 12.4 Å². The first-order valence-corrected chi connectivity index (χ1v) is 7.97. The average molecular weight is 316 g/mol. The standard InChI is InChI=1S/C15H23Cl2N3/c1-20(2)15(6-4-3-5-7-15)11-19-8-12-13(16)9-18-10-14(12)17/h9-10,19H,3-8,11H2,1-2H3. The molecule has 5 heteroatoms. The number of nitrogens with one attached hydrogen (secondary N) is 1. The Labute approximate surface area is 131 Å². The number of likely N-dealkylation sites (N-methyl/N-ethyl adjacent to an activating group) is 1. The van der Waals surface area contributed by atoms with E-state index in [-0.39, 0.29) is 5.54 Å². The molecule has 0 spiro atoms. The predicted octanol–water partition coefficient (Wildman–Crippen LogP) is 3.74. The topological polar surface area (TPSA) is 28.2 Å². The summed E-state index contributed by atoms with van der Waals surface area (Å²) < 4.78 is 0. The normalized spacial score (nSPS) is 18.4. The Morgan fingerprint density at radius 1 is 1.15 bits per heavy atom. The van der Waals surface area contributed by atoms with Crippen molar-refractivity contribution in [2.75, 3.05) is 20.6 Å². The van der Waals surface area contributed by atoms with Gasteiger partial charge in [0.1, 0.15) is 0 Å². The monoisotopic (exact) mass is 315 g/mol. The molecular weight excluding hydrogens is 293 g/mol. The predicted molar refractivity (Wildman–Crippen MR) is 85.5 cm³/mol. The second-order valence-corrected chi connectivity index (χ2v) is 6.68. The first-order valence-electron chi connectivity index (χ1n) is 7.21. The Hall–Kier alpha value is -0.350. The molecule has 20 heavy (non-hydrogen) atoms. The van der Waals surface area contributed by atoms with E-state index in [9.17, 15) is 0 Å². The Morgan fingerprint density at radius 2 is 1.75 bits per heavy atom. The maximum absolute atomic E-state index is 6.15. The van der Waals surface area contributed by atoms with Crippen molar-refractivity contribution in [2.45, 2.75) is 44.2 Å². The number of nitrogens with zero attached hydrogens (tertiary/aromatic N) is 2. The molecule has 1 aromatic heterocycles. The van der Waals surface area contributed by atoms with E-state index in [0.717, 1.165) is 12.1 Å². The molecule has 2 rings (SSSR count). The summed E-state index contributed by atoms with van der Waals surface area (Å²) in [5.74, 6) is 0. The molecule has 1 aliphatic rings. The summed E-state index contributed by atoms with van der Waals surface area (Å²) in [6.45, 7) is 1.66. The minimum atomic E-state index is 0.268. The summed E-state index contributed by atoms with van der Waals surface area (Å²) in [5, 5.41) is 4.80. The van der Waals surface area contributed by atoms with Gasteiger partial charge in [-0.25, -0.2) is 0 Å². The molecule has 1 aromatic rings. The largest absolute Gasteiger partial charge is 0.311 e. The molecule has 1 saturated carbocycles. The molecule has 1 heterocycles. The van der Waals surface area contributed by atoms with Gasteiger partial charge in [0.2, 0.25) is 0 Å². The molecular formula is C15H23Cl2N3. The summed E-state index contributed by atoms with van der Waals surface area (Å²) in [6.07, 6.45) is 9.79. The van der Waals surface area contributed by atoms with Crippen LogP contribution in [0.4, 0.5) is 0 Å². The number of halogens is 2. The van der Waals surface area contributed by atoms with Crippen LogP contribution in [-0.4, -0.2) is 36.1 Å². The molecule has 1 aliphatic carbocycles. The van der Waals surface area contributed by atoms with E-state index in [1.165, 1.54) is 32.1 Å². The zero-order valence-corrected chi connectivity index (χ0v) is 13.8. The van der Waals surface area contributed by atoms with E-state index in [4.69, 9.17) is 23.2 Å². The lowest BCUT2D eigenvalue weighted by atomic mass is 9.80. The molecule has 0 saturated heterocycles. The van der Waals surface area contributed by atoms with E-state index < -0.39 is 0 Å². The Bertz CT molecular complexity index is 422. The second kappa shape index (κ2) is 7.08. The molecule has 1 fully saturated rings. The smallest absolute Gasteiger partial charge is 0.0649 e. The highest BCUT2D eigenvalue weighted by molar-refractivity contribution is 6.35. The molecule has 0 atom stereocenters. The van der Waals surface area contributed by atoms with E-state index in [2.05, 4.69) is 29.3 Å². The van der Waals surface area contributed by atoms with Crippen LogP contribution in [-0.2, 0) is 6.54 Å². The molecule has 0 aromatic carbocycles. The van der Waals surface area contributed by atoms with Crippen molar-refractivity contribution in [2.24, 2.45) is 0 Å². The molecule has 0 bridgehead atoms. The van der Waals surface area contributed by atoms with Gasteiger partial charge in [-0.15, -0.1) is 0 Å². The molecule has 0 amide bonds. The summed E-state index contributed by atoms with van der Waals surface area (Å²) in [6, 6.07) is 0. The number of pyridine rings is 1. The van der Waals surface area contributed by atoms with Gasteiger partial charge in [0, 0.05) is 36.6 Å². The van der Waals surface area contributed by atoms with Crippen LogP contribution < -0.4 is 5.32 Å². The zero-order valence-electron chi connectivity index (χ0n) is 12.3. The molecule has 0 unspecified atom stereocenters. The van der Waals surface area contributed by atoms with E-state index in [1.807, 2.05) is 0 Å². The average Bonchev–Trinajstić information content (AvgIpc) is 2.43. The first-order chi connectivity index (χ1) is 9.55. The van der Waals surface area contributed by atoms with Gasteiger partial charge in [0.05, 0.1) is 10.0 Å². The van der Waals surface area contributed by atoms with Gasteiger partial charge in [-0.3, -0.25) is 4.98 Å². The highest BCUT2D eigenvalue weighted by atomic mass is 35.5. The van der Waals surface area contributed by atoms with Crippen LogP contribution in [0.25, 0.3) is 0 Å². The number of hydrogen-bond donors (Lipinski definition) is 1. The third-order valence-corrected chi connectivity index (χ3v) is 5.09. The molecule has 3 nitrogen and oxygen atoms in total. The van der Waals surface area contributed by atoms with Crippen LogP contribution in [0.3, 0.4) is 0 Å². The molecule has 0 aliphatic heterocycles. The summed E-state index contributed by atoms with van der Waals surface area (Å²) in [5.41, 5.74) is 1.21. The minimum Gasteiger partial charge on any atom is -0.311 e. The second-order valence-electron chi connectivity index (χ2n) is 5.86. The van der Waals surface area contributed by atoms with Gasteiger partial charge in [-0.05, 0) is 26.9 Å². The molecule has 0 radical (unpaired) electrons. The van der Waals surface area contributed by atoms with Crippen molar-refractivity contribution in [3.63, 3.8) is 0 Å². The fourth-order valence-corrected chi connectivity index (χ4v) is 3.52. The van der Waals surface area contributed by atoms with Crippen molar-refractivity contribution in [3.8, 4) is 0 Å². The SMILES string of the molecule is CN(C)C1(CNCc2c(Cl)cncc2Cl)CCCCC1. The minimum absolute atomic E-state index is 0.268. The van der Waals surface area contributed by atoms with Crippen molar-refractivity contribution >= 4 is 23.2 Å². The van der Waals surface area contributed by atoms with Gasteiger partial charge in [-0.1, -0.05) is 42.5 Å². The number of hydrogen-bond acceptors (Lipinski definition) is 3. The van der Waals surface area contributed by atoms with E-state index in [0.29, 0.717) is 16.6 Å². The van der Waals surface area contributed by atoms with E-state index >= 15 is 0 Å². The molecule has 1 N–H and O–H groups in total. The lowest BCUT2D eigenvalue weighted by molar-refractivity contribution is 0.0984. The highest BCUT2D eigenvalue weighted by Crippen LogP contribution is 2.32. The quantitative estimate of drug-likeness (QED) is 0.897. The van der Waals surface area contributed by atoms with Crippen molar-refractivity contribution < 1.29 is 0 Å². The van der Waals surface area contributed by atoms with Crippen LogP contribution in [0.15, 0.2) is 12.4 Å². The summed E-state index contributed by atoms with van der Waals surface area (Å²) >= 11 is 12.3. The van der Waals surface area contributed by atoms with Gasteiger partial charge < -0.3 is 10.2 Å². The van der Waals surface area contributed by atoms with Gasteiger partial charge in [0.15, 0.2) is 0 Å². The third kappa shape index (κ3) is 3.64. The Kier molecular flexibility index (Phi) is 5.67. The highest BCUT2D eigenvalue weighted by Gasteiger charge is 2.33. The maximum atomic E-state index is 6.15. The lowest BCUT2D eigenvalue weighted by Crippen LogP contribution is -2.52. The van der Waals surface area contributed by atoms with Gasteiger partial charge >= 0.3 is 0 Å². The first kappa shape index (κ1) is 16.0. The Balaban J connectivity index is 1.97. The summed E-state index contributed by atoms with van der Waals surface area (Å²) in [4.78, 5) is 6.35. The fraction of sp³-hybridized carbons (Fsp3) is 0.667. The Morgan fingerprint density at radius 3 is 2.30 bits per heavy atom. The maximum Gasteiger partial charge on any atom is 0.0649 e. The van der Waals surface area contributed by atoms with Crippen LogP contribution in [0, 0.1) is 0 Å². The number of rotatable bonds is 5. The van der Waals surface area contributed by atoms with Crippen LogP contribution in [0.2, 0.25) is 10.0 Å². The summed E-state index contributed by atoms with van der Waals surface area (Å²) in [7, 11) is 4.36. The van der Waals surface area contributed by atoms with Crippen LogP contribution >= 0.6 is 23.2 Å². The number of aromatic nitrogens is 1. The molecule has 112 valence electrons. The van der Waals surface area contributed by atoms with Crippen molar-refractivity contribution in [3.05, 3.63) is 28.0 Å². The van der Waals surface area contributed by atoms with Crippen molar-refractivity contribution in [1.29, 1.82) is 0 Å². The third-order valence-electron chi connectivity index (χ3n) is 4.44. The van der Waals surface area contributed by atoms with Gasteiger partial charge in [0.25, 0.3) is 0 Å². The van der Waals surface area contributed by atoms with Crippen LogP contribution in [0.1, 0.15) is 37.7 Å².